The molecule has 1 aromatic carbocycles. The zero-order valence-corrected chi connectivity index (χ0v) is 18.0. The summed E-state index contributed by atoms with van der Waals surface area (Å²) in [5, 5.41) is 6.34. The number of benzene rings is 1. The van der Waals surface area contributed by atoms with Crippen LogP contribution in [-0.4, -0.2) is 75.9 Å². The van der Waals surface area contributed by atoms with Crippen molar-refractivity contribution in [3.63, 3.8) is 0 Å². The molecule has 3 rings (SSSR count). The van der Waals surface area contributed by atoms with Gasteiger partial charge in [-0.2, -0.15) is 4.31 Å². The first-order valence-electron chi connectivity index (χ1n) is 9.74. The van der Waals surface area contributed by atoms with Crippen molar-refractivity contribution < 1.29 is 13.2 Å². The van der Waals surface area contributed by atoms with Crippen molar-refractivity contribution >= 4 is 28.3 Å². The Morgan fingerprint density at radius 3 is 2.32 bits per heavy atom. The van der Waals surface area contributed by atoms with E-state index >= 15 is 0 Å². The highest BCUT2D eigenvalue weighted by Crippen LogP contribution is 2.24. The minimum absolute atomic E-state index is 0. The maximum Gasteiger partial charge on any atom is 0.243 e. The summed E-state index contributed by atoms with van der Waals surface area (Å²) in [7, 11) is -3.47. The molecule has 0 spiro atoms. The van der Waals surface area contributed by atoms with Gasteiger partial charge in [0.15, 0.2) is 0 Å². The molecule has 0 radical (unpaired) electrons. The lowest BCUT2D eigenvalue weighted by Crippen LogP contribution is -2.47. The first kappa shape index (κ1) is 23.1. The van der Waals surface area contributed by atoms with Crippen LogP contribution in [0.3, 0.4) is 0 Å². The fraction of sp³-hybridized carbons (Fsp3) is 0.632. The number of nitrogens with zero attached hydrogens (tertiary/aromatic N) is 2. The van der Waals surface area contributed by atoms with Crippen molar-refractivity contribution in [3.05, 3.63) is 29.8 Å². The average Bonchev–Trinajstić information content (AvgIpc) is 2.69. The van der Waals surface area contributed by atoms with Crippen molar-refractivity contribution in [2.24, 2.45) is 5.92 Å². The predicted molar refractivity (Wildman–Crippen MR) is 112 cm³/mol. The van der Waals surface area contributed by atoms with E-state index in [0.717, 1.165) is 38.3 Å². The second-order valence-electron chi connectivity index (χ2n) is 7.37. The molecule has 1 amide bonds. The van der Waals surface area contributed by atoms with Crippen LogP contribution >= 0.6 is 12.4 Å². The highest BCUT2D eigenvalue weighted by Gasteiger charge is 2.31. The molecule has 0 aliphatic carbocycles. The Balaban J connectivity index is 0.00000280. The molecule has 2 N–H and O–H groups in total. The summed E-state index contributed by atoms with van der Waals surface area (Å²) in [6, 6.07) is 6.93. The number of carbonyl (C=O) groups excluding carboxylic acids is 1. The van der Waals surface area contributed by atoms with Gasteiger partial charge in [-0.15, -0.1) is 12.4 Å². The normalized spacial score (nSPS) is 19.8. The second kappa shape index (κ2) is 10.5. The van der Waals surface area contributed by atoms with Crippen LogP contribution in [0.5, 0.6) is 0 Å². The lowest BCUT2D eigenvalue weighted by atomic mass is 9.97. The van der Waals surface area contributed by atoms with Crippen LogP contribution in [-0.2, 0) is 14.8 Å². The summed E-state index contributed by atoms with van der Waals surface area (Å²) in [4.78, 5) is 15.1. The van der Waals surface area contributed by atoms with Gasteiger partial charge in [-0.3, -0.25) is 9.69 Å². The molecule has 2 heterocycles. The van der Waals surface area contributed by atoms with Crippen LogP contribution in [0.15, 0.2) is 29.2 Å². The number of sulfonamides is 1. The Morgan fingerprint density at radius 1 is 1.11 bits per heavy atom. The van der Waals surface area contributed by atoms with E-state index in [2.05, 4.69) is 15.5 Å². The van der Waals surface area contributed by atoms with Gasteiger partial charge < -0.3 is 10.6 Å². The molecule has 158 valence electrons. The Hall–Kier alpha value is -1.19. The third kappa shape index (κ3) is 5.90. The maximum atomic E-state index is 12.7. The zero-order chi connectivity index (χ0) is 19.3. The summed E-state index contributed by atoms with van der Waals surface area (Å²) in [6.07, 6.45) is 1.15. The fourth-order valence-corrected chi connectivity index (χ4v) is 5.10. The van der Waals surface area contributed by atoms with Gasteiger partial charge in [0.1, 0.15) is 0 Å². The van der Waals surface area contributed by atoms with E-state index in [1.54, 1.807) is 12.1 Å². The minimum Gasteiger partial charge on any atom is -0.355 e. The molecule has 0 unspecified atom stereocenters. The monoisotopic (exact) mass is 430 g/mol. The molecule has 28 heavy (non-hydrogen) atoms. The Kier molecular flexibility index (Phi) is 8.70. The van der Waals surface area contributed by atoms with Crippen molar-refractivity contribution in [1.82, 2.24) is 19.8 Å². The Labute approximate surface area is 174 Å². The molecule has 1 aromatic rings. The molecule has 2 saturated heterocycles. The van der Waals surface area contributed by atoms with E-state index in [1.165, 1.54) is 4.31 Å². The summed E-state index contributed by atoms with van der Waals surface area (Å²) in [6.45, 7) is 8.29. The lowest BCUT2D eigenvalue weighted by Gasteiger charge is -2.31. The van der Waals surface area contributed by atoms with Gasteiger partial charge in [0, 0.05) is 58.3 Å². The van der Waals surface area contributed by atoms with E-state index in [0.29, 0.717) is 37.4 Å². The number of hydrogen-bond acceptors (Lipinski definition) is 5. The molecule has 2 fully saturated rings. The first-order chi connectivity index (χ1) is 13.0. The number of nitrogens with one attached hydrogen (secondary N) is 2. The number of piperazine rings is 1. The van der Waals surface area contributed by atoms with Gasteiger partial charge in [-0.25, -0.2) is 8.42 Å². The van der Waals surface area contributed by atoms with E-state index in [9.17, 15) is 13.2 Å². The molecule has 0 saturated carbocycles. The molecule has 2 aliphatic rings. The second-order valence-corrected chi connectivity index (χ2v) is 9.31. The van der Waals surface area contributed by atoms with E-state index < -0.39 is 10.0 Å². The van der Waals surface area contributed by atoms with Crippen molar-refractivity contribution in [3.8, 4) is 0 Å². The average molecular weight is 431 g/mol. The van der Waals surface area contributed by atoms with Crippen LogP contribution in [0.25, 0.3) is 0 Å². The molecule has 0 atom stereocenters. The van der Waals surface area contributed by atoms with Crippen molar-refractivity contribution in [2.75, 3.05) is 52.4 Å². The number of rotatable bonds is 6. The van der Waals surface area contributed by atoms with Crippen molar-refractivity contribution in [2.45, 2.75) is 24.7 Å². The number of halogens is 1. The lowest BCUT2D eigenvalue weighted by molar-refractivity contribution is -0.126. The van der Waals surface area contributed by atoms with Crippen LogP contribution < -0.4 is 10.6 Å². The van der Waals surface area contributed by atoms with Crippen molar-refractivity contribution in [1.29, 1.82) is 0 Å². The molecule has 7 nitrogen and oxygen atoms in total. The van der Waals surface area contributed by atoms with Crippen LogP contribution in [0.2, 0.25) is 0 Å². The molecule has 0 aromatic heterocycles. The molecule has 2 aliphatic heterocycles. The molecule has 0 bridgehead atoms. The number of carbonyl (C=O) groups is 1. The number of hydrogen-bond donors (Lipinski definition) is 2. The Bertz CT molecular complexity index is 728. The topological polar surface area (TPSA) is 81.8 Å². The molecular formula is C19H31ClN4O3S. The van der Waals surface area contributed by atoms with Gasteiger partial charge in [-0.05, 0) is 31.9 Å². The minimum atomic E-state index is -3.47. The van der Waals surface area contributed by atoms with Gasteiger partial charge >= 0.3 is 0 Å². The summed E-state index contributed by atoms with van der Waals surface area (Å²) >= 11 is 0. The largest absolute Gasteiger partial charge is 0.355 e. The summed E-state index contributed by atoms with van der Waals surface area (Å²) in [5.74, 6) is -0.0463. The number of amides is 1. The predicted octanol–water partition coefficient (Wildman–Crippen LogP) is 0.839. The molecule has 9 heteroatoms. The SMILES string of the molecule is Cc1ccc(S(=O)(=O)N2CCC(C(=O)NCCN3CCNCC3)CC2)cc1.Cl. The third-order valence-electron chi connectivity index (χ3n) is 5.42. The molecular weight excluding hydrogens is 400 g/mol. The van der Waals surface area contributed by atoms with Gasteiger partial charge in [0.05, 0.1) is 4.90 Å². The quantitative estimate of drug-likeness (QED) is 0.698. The van der Waals surface area contributed by atoms with Gasteiger partial charge in [-0.1, -0.05) is 17.7 Å². The van der Waals surface area contributed by atoms with E-state index in [1.807, 2.05) is 19.1 Å². The fourth-order valence-electron chi connectivity index (χ4n) is 3.63. The zero-order valence-electron chi connectivity index (χ0n) is 16.4. The first-order valence-corrected chi connectivity index (χ1v) is 11.2. The van der Waals surface area contributed by atoms with Crippen LogP contribution in [0.4, 0.5) is 0 Å². The standard InChI is InChI=1S/C19H30N4O3S.ClH/c1-16-2-4-18(5-3-16)27(25,26)23-11-6-17(7-12-23)19(24)21-10-15-22-13-8-20-9-14-22;/h2-5,17,20H,6-15H2,1H3,(H,21,24);1H. The van der Waals surface area contributed by atoms with Gasteiger partial charge in [0.2, 0.25) is 15.9 Å². The van der Waals surface area contributed by atoms with E-state index in [-0.39, 0.29) is 24.2 Å². The Morgan fingerprint density at radius 2 is 1.71 bits per heavy atom. The summed E-state index contributed by atoms with van der Waals surface area (Å²) < 4.78 is 27.0. The van der Waals surface area contributed by atoms with Crippen LogP contribution in [0, 0.1) is 12.8 Å². The van der Waals surface area contributed by atoms with Crippen LogP contribution in [0.1, 0.15) is 18.4 Å². The van der Waals surface area contributed by atoms with Gasteiger partial charge in [0.25, 0.3) is 0 Å². The maximum absolute atomic E-state index is 12.7. The highest BCUT2D eigenvalue weighted by molar-refractivity contribution is 7.89. The summed E-state index contributed by atoms with van der Waals surface area (Å²) in [5.41, 5.74) is 1.03. The number of piperidine rings is 1. The number of aryl methyl sites for hydroxylation is 1. The third-order valence-corrected chi connectivity index (χ3v) is 7.33. The smallest absolute Gasteiger partial charge is 0.243 e. The highest BCUT2D eigenvalue weighted by atomic mass is 35.5. The van der Waals surface area contributed by atoms with E-state index in [4.69, 9.17) is 0 Å².